The Morgan fingerprint density at radius 1 is 1.18 bits per heavy atom. The molecular weight excluding hydrogens is 354 g/mol. The summed E-state index contributed by atoms with van der Waals surface area (Å²) >= 11 is 0. The summed E-state index contributed by atoms with van der Waals surface area (Å²) in [6, 6.07) is 15.7. The number of nitrogens with zero attached hydrogens (tertiary/aromatic N) is 1. The van der Waals surface area contributed by atoms with E-state index in [9.17, 15) is 9.90 Å². The second kappa shape index (κ2) is 7.86. The van der Waals surface area contributed by atoms with E-state index in [-0.39, 0.29) is 11.3 Å². The number of H-pyrrole nitrogens is 1. The highest BCUT2D eigenvalue weighted by atomic mass is 16.5. The number of phenolic OH excluding ortho intramolecular Hbond substituents is 1. The highest BCUT2D eigenvalue weighted by Crippen LogP contribution is 2.31. The number of nitrogens with one attached hydrogen (secondary N) is 2. The van der Waals surface area contributed by atoms with Gasteiger partial charge in [-0.05, 0) is 22.9 Å². The monoisotopic (exact) mass is 379 g/mol. The van der Waals surface area contributed by atoms with Crippen molar-refractivity contribution in [1.29, 1.82) is 0 Å². The van der Waals surface area contributed by atoms with Crippen molar-refractivity contribution in [1.82, 2.24) is 0 Å². The topological polar surface area (TPSA) is 68.4 Å². The third kappa shape index (κ3) is 3.51. The Morgan fingerprint density at radius 2 is 1.93 bits per heavy atom. The van der Waals surface area contributed by atoms with E-state index in [1.807, 2.05) is 42.6 Å². The number of ether oxygens (including phenoxy) is 1. The summed E-state index contributed by atoms with van der Waals surface area (Å²) in [7, 11) is 1.34. The number of carbonyl (C=O) groups is 1. The minimum absolute atomic E-state index is 0.0388. The lowest BCUT2D eigenvalue weighted by molar-refractivity contribution is -0.914. The molecule has 3 aromatic rings. The van der Waals surface area contributed by atoms with Gasteiger partial charge < -0.3 is 14.7 Å². The van der Waals surface area contributed by atoms with Gasteiger partial charge >= 0.3 is 5.97 Å². The number of anilines is 1. The maximum atomic E-state index is 12.1. The van der Waals surface area contributed by atoms with E-state index in [4.69, 9.17) is 4.74 Å². The predicted octanol–water partition coefficient (Wildman–Crippen LogP) is 1.05. The normalized spacial score (nSPS) is 15.0. The first-order chi connectivity index (χ1) is 13.7. The molecule has 1 saturated heterocycles. The predicted molar refractivity (Wildman–Crippen MR) is 107 cm³/mol. The van der Waals surface area contributed by atoms with Gasteiger partial charge in [-0.25, -0.2) is 9.78 Å². The van der Waals surface area contributed by atoms with Gasteiger partial charge in [0.1, 0.15) is 44.0 Å². The van der Waals surface area contributed by atoms with Crippen molar-refractivity contribution in [3.63, 3.8) is 0 Å². The van der Waals surface area contributed by atoms with Gasteiger partial charge in [0.15, 0.2) is 0 Å². The average molecular weight is 379 g/mol. The Labute approximate surface area is 164 Å². The Bertz CT molecular complexity index is 983. The molecule has 0 aliphatic carbocycles. The van der Waals surface area contributed by atoms with Crippen molar-refractivity contribution in [2.24, 2.45) is 0 Å². The van der Waals surface area contributed by atoms with Crippen LogP contribution in [-0.4, -0.2) is 44.4 Å². The summed E-state index contributed by atoms with van der Waals surface area (Å²) in [5, 5.41) is 12.7. The van der Waals surface area contributed by atoms with E-state index in [0.717, 1.165) is 48.3 Å². The molecule has 144 valence electrons. The zero-order valence-corrected chi connectivity index (χ0v) is 15.9. The van der Waals surface area contributed by atoms with Crippen LogP contribution in [0.4, 0.5) is 5.82 Å². The van der Waals surface area contributed by atoms with E-state index >= 15 is 0 Å². The number of aromatic nitrogens is 1. The lowest BCUT2D eigenvalue weighted by Gasteiger charge is -2.29. The van der Waals surface area contributed by atoms with Gasteiger partial charge in [-0.3, -0.25) is 4.90 Å². The third-order valence-corrected chi connectivity index (χ3v) is 5.46. The Morgan fingerprint density at radius 3 is 2.64 bits per heavy atom. The highest BCUT2D eigenvalue weighted by molar-refractivity contribution is 6.00. The molecule has 0 atom stereocenters. The number of hydrogen-bond acceptors (Lipinski definition) is 4. The van der Waals surface area contributed by atoms with Crippen molar-refractivity contribution in [2.75, 3.05) is 38.2 Å². The fourth-order valence-electron chi connectivity index (χ4n) is 3.93. The fourth-order valence-corrected chi connectivity index (χ4v) is 3.93. The van der Waals surface area contributed by atoms with Gasteiger partial charge in [0.2, 0.25) is 0 Å². The average Bonchev–Trinajstić information content (AvgIpc) is 2.76. The molecule has 0 amide bonds. The van der Waals surface area contributed by atoms with Gasteiger partial charge in [0, 0.05) is 6.07 Å². The van der Waals surface area contributed by atoms with Crippen LogP contribution in [-0.2, 0) is 11.3 Å². The van der Waals surface area contributed by atoms with E-state index in [1.165, 1.54) is 12.0 Å². The third-order valence-electron chi connectivity index (χ3n) is 5.46. The molecule has 6 nitrogen and oxygen atoms in total. The van der Waals surface area contributed by atoms with E-state index in [0.29, 0.717) is 6.54 Å². The molecule has 1 aliphatic rings. The second-order valence-corrected chi connectivity index (χ2v) is 7.13. The van der Waals surface area contributed by atoms with Crippen LogP contribution >= 0.6 is 0 Å². The number of quaternary nitrogens is 1. The molecule has 1 aromatic heterocycles. The van der Waals surface area contributed by atoms with Crippen molar-refractivity contribution < 1.29 is 24.5 Å². The molecule has 0 bridgehead atoms. The van der Waals surface area contributed by atoms with Gasteiger partial charge in [-0.15, -0.1) is 0 Å². The van der Waals surface area contributed by atoms with Crippen molar-refractivity contribution >= 4 is 22.6 Å². The molecule has 28 heavy (non-hydrogen) atoms. The second-order valence-electron chi connectivity index (χ2n) is 7.13. The van der Waals surface area contributed by atoms with E-state index in [1.54, 1.807) is 6.07 Å². The largest absolute Gasteiger partial charge is 0.507 e. The molecule has 2 heterocycles. The van der Waals surface area contributed by atoms with Gasteiger partial charge in [-0.2, -0.15) is 0 Å². The zero-order valence-electron chi connectivity index (χ0n) is 15.9. The number of pyridine rings is 1. The molecule has 0 radical (unpaired) electrons. The van der Waals surface area contributed by atoms with Crippen LogP contribution in [0.2, 0.25) is 0 Å². The van der Waals surface area contributed by atoms with Crippen LogP contribution in [0.25, 0.3) is 10.8 Å². The molecule has 1 aliphatic heterocycles. The maximum Gasteiger partial charge on any atom is 0.341 e. The molecule has 2 aromatic carbocycles. The number of rotatable bonds is 4. The number of carbonyl (C=O) groups excluding carboxylic acids is 1. The Hall–Kier alpha value is -3.12. The molecule has 0 spiro atoms. The first-order valence-electron chi connectivity index (χ1n) is 9.54. The number of methoxy groups -OCH3 is 1. The van der Waals surface area contributed by atoms with Crippen LogP contribution in [0.1, 0.15) is 15.9 Å². The summed E-state index contributed by atoms with van der Waals surface area (Å²) in [4.78, 5) is 19.1. The number of benzene rings is 2. The first kappa shape index (κ1) is 18.3. The van der Waals surface area contributed by atoms with Crippen LogP contribution in [0.15, 0.2) is 54.7 Å². The smallest absolute Gasteiger partial charge is 0.341 e. The summed E-state index contributed by atoms with van der Waals surface area (Å²) < 4.78 is 4.86. The van der Waals surface area contributed by atoms with Crippen LogP contribution in [0.3, 0.4) is 0 Å². The van der Waals surface area contributed by atoms with Gasteiger partial charge in [0.25, 0.3) is 5.82 Å². The van der Waals surface area contributed by atoms with Gasteiger partial charge in [0.05, 0.1) is 18.9 Å². The first-order valence-corrected chi connectivity index (χ1v) is 9.54. The molecular formula is C22H25N3O3+2. The number of esters is 1. The summed E-state index contributed by atoms with van der Waals surface area (Å²) in [6.07, 6.45) is 1.94. The van der Waals surface area contributed by atoms with Crippen LogP contribution in [0.5, 0.6) is 5.75 Å². The molecule has 1 fully saturated rings. The van der Waals surface area contributed by atoms with Crippen molar-refractivity contribution in [3.05, 3.63) is 65.9 Å². The lowest BCUT2D eigenvalue weighted by Crippen LogP contribution is -3.13. The number of aromatic amines is 1. The standard InChI is InChI=1S/C22H23N3O3/c1-28-22(27)18-14-16-6-2-3-7-17(16)19(21(18)26)15-24-10-12-25(13-11-24)20-8-4-5-9-23-20/h2-9,14,26H,10-13,15H2,1H3/p+2. The number of phenols is 1. The van der Waals surface area contributed by atoms with E-state index < -0.39 is 5.97 Å². The summed E-state index contributed by atoms with van der Waals surface area (Å²) in [6.45, 7) is 4.46. The van der Waals surface area contributed by atoms with Gasteiger partial charge in [-0.1, -0.05) is 30.3 Å². The molecule has 3 N–H and O–H groups in total. The van der Waals surface area contributed by atoms with Crippen molar-refractivity contribution in [2.45, 2.75) is 6.54 Å². The number of aromatic hydroxyl groups is 1. The lowest BCUT2D eigenvalue weighted by atomic mass is 9.98. The Balaban J connectivity index is 1.58. The summed E-state index contributed by atoms with van der Waals surface area (Å²) in [5.41, 5.74) is 1.04. The molecule has 6 heteroatoms. The number of piperazine rings is 1. The zero-order chi connectivity index (χ0) is 19.5. The molecule has 4 rings (SSSR count). The van der Waals surface area contributed by atoms with E-state index in [2.05, 4.69) is 16.0 Å². The minimum atomic E-state index is -0.510. The van der Waals surface area contributed by atoms with Crippen molar-refractivity contribution in [3.8, 4) is 5.75 Å². The van der Waals surface area contributed by atoms with Crippen LogP contribution < -0.4 is 14.8 Å². The molecule has 0 unspecified atom stereocenters. The summed E-state index contributed by atoms with van der Waals surface area (Å²) in [5.74, 6) is 0.656. The fraction of sp³-hybridized carbons (Fsp3) is 0.273. The maximum absolute atomic E-state index is 12.1. The molecule has 0 saturated carbocycles. The SMILES string of the molecule is COC(=O)c1cc2ccccc2c(C[NH+]2CCN(c3cccc[nH+]3)CC2)c1O. The quantitative estimate of drug-likeness (QED) is 0.665. The highest BCUT2D eigenvalue weighted by Gasteiger charge is 2.28. The Kier molecular flexibility index (Phi) is 5.12. The van der Waals surface area contributed by atoms with Crippen LogP contribution in [0, 0.1) is 0 Å². The number of fused-ring (bicyclic) bond motifs is 1. The number of hydrogen-bond donors (Lipinski definition) is 2. The minimum Gasteiger partial charge on any atom is -0.507 e.